The van der Waals surface area contributed by atoms with Crippen LogP contribution < -0.4 is 10.4 Å². The number of ether oxygens (including phenoxy) is 1. The number of amides is 1. The van der Waals surface area contributed by atoms with Crippen LogP contribution in [-0.2, 0) is 17.6 Å². The van der Waals surface area contributed by atoms with Gasteiger partial charge in [-0.15, -0.1) is 0 Å². The van der Waals surface area contributed by atoms with Crippen LogP contribution in [0.4, 0.5) is 4.39 Å². The van der Waals surface area contributed by atoms with Gasteiger partial charge in [-0.05, 0) is 54.1 Å². The number of nitrogens with zero attached hydrogens (tertiary/aromatic N) is 2. The number of halogens is 1. The summed E-state index contributed by atoms with van der Waals surface area (Å²) in [5.41, 5.74) is 1.92. The fraction of sp³-hybridized carbons (Fsp3) is 0.360. The molecular weight excluding hydrogens is 411 g/mol. The van der Waals surface area contributed by atoms with Crippen molar-refractivity contribution < 1.29 is 18.3 Å². The molecule has 1 amide bonds. The number of piperazine rings is 1. The van der Waals surface area contributed by atoms with E-state index in [0.29, 0.717) is 35.4 Å². The number of methoxy groups -OCH3 is 1. The summed E-state index contributed by atoms with van der Waals surface area (Å²) in [6.45, 7) is 5.47. The molecule has 6 nitrogen and oxygen atoms in total. The molecule has 7 heteroatoms. The van der Waals surface area contributed by atoms with Gasteiger partial charge in [0.2, 0.25) is 5.91 Å². The van der Waals surface area contributed by atoms with Gasteiger partial charge in [0.15, 0.2) is 0 Å². The second-order valence-corrected chi connectivity index (χ2v) is 8.19. The van der Waals surface area contributed by atoms with E-state index in [1.165, 1.54) is 12.3 Å². The average molecular weight is 438 g/mol. The van der Waals surface area contributed by atoms with Gasteiger partial charge in [0.05, 0.1) is 25.2 Å². The van der Waals surface area contributed by atoms with Crippen molar-refractivity contribution in [1.29, 1.82) is 0 Å². The summed E-state index contributed by atoms with van der Waals surface area (Å²) >= 11 is 0. The maximum absolute atomic E-state index is 14.3. The molecule has 1 aliphatic heterocycles. The van der Waals surface area contributed by atoms with E-state index in [-0.39, 0.29) is 23.8 Å². The highest BCUT2D eigenvalue weighted by atomic mass is 19.1. The molecule has 4 rings (SSSR count). The van der Waals surface area contributed by atoms with Crippen molar-refractivity contribution >= 4 is 16.7 Å². The van der Waals surface area contributed by atoms with Crippen LogP contribution in [0.2, 0.25) is 0 Å². The van der Waals surface area contributed by atoms with E-state index in [1.807, 2.05) is 18.2 Å². The fourth-order valence-electron chi connectivity index (χ4n) is 4.16. The Labute approximate surface area is 186 Å². The van der Waals surface area contributed by atoms with Crippen LogP contribution in [0, 0.1) is 12.7 Å². The van der Waals surface area contributed by atoms with Gasteiger partial charge in [0.1, 0.15) is 11.6 Å². The first kappa shape index (κ1) is 22.0. The Bertz CT molecular complexity index is 1180. The first-order valence-corrected chi connectivity index (χ1v) is 10.8. The average Bonchev–Trinajstić information content (AvgIpc) is 2.80. The van der Waals surface area contributed by atoms with Gasteiger partial charge in [-0.1, -0.05) is 12.1 Å². The Balaban J connectivity index is 1.30. The molecule has 3 aromatic rings. The van der Waals surface area contributed by atoms with Gasteiger partial charge in [-0.2, -0.15) is 0 Å². The molecule has 0 spiro atoms. The van der Waals surface area contributed by atoms with Crippen molar-refractivity contribution in [2.75, 3.05) is 39.8 Å². The van der Waals surface area contributed by atoms with Crippen LogP contribution in [0.3, 0.4) is 0 Å². The molecule has 2 heterocycles. The van der Waals surface area contributed by atoms with Crippen LogP contribution in [-0.4, -0.2) is 55.5 Å². The molecule has 1 aromatic heterocycles. The highest BCUT2D eigenvalue weighted by molar-refractivity contribution is 5.81. The van der Waals surface area contributed by atoms with Crippen molar-refractivity contribution in [2.24, 2.45) is 0 Å². The lowest BCUT2D eigenvalue weighted by Crippen LogP contribution is -2.49. The van der Waals surface area contributed by atoms with Crippen molar-refractivity contribution in [3.8, 4) is 5.75 Å². The fourth-order valence-corrected chi connectivity index (χ4v) is 4.16. The third kappa shape index (κ3) is 4.83. The van der Waals surface area contributed by atoms with E-state index in [4.69, 9.17) is 9.15 Å². The minimum atomic E-state index is -0.372. The van der Waals surface area contributed by atoms with Gasteiger partial charge >= 0.3 is 5.63 Å². The highest BCUT2D eigenvalue weighted by Gasteiger charge is 2.22. The molecule has 0 aliphatic carbocycles. The molecule has 0 saturated carbocycles. The third-order valence-electron chi connectivity index (χ3n) is 6.11. The largest absolute Gasteiger partial charge is 0.496 e. The van der Waals surface area contributed by atoms with E-state index in [0.717, 1.165) is 37.0 Å². The van der Waals surface area contributed by atoms with Crippen LogP contribution in [0.5, 0.6) is 5.75 Å². The number of aryl methyl sites for hydroxylation is 1. The highest BCUT2D eigenvalue weighted by Crippen LogP contribution is 2.23. The second-order valence-electron chi connectivity index (χ2n) is 8.19. The van der Waals surface area contributed by atoms with Gasteiger partial charge in [-0.25, -0.2) is 9.18 Å². The third-order valence-corrected chi connectivity index (χ3v) is 6.11. The molecule has 1 saturated heterocycles. The van der Waals surface area contributed by atoms with Gasteiger partial charge in [0, 0.05) is 38.3 Å². The lowest BCUT2D eigenvalue weighted by atomic mass is 10.1. The second kappa shape index (κ2) is 9.53. The lowest BCUT2D eigenvalue weighted by Gasteiger charge is -2.35. The number of rotatable bonds is 6. The summed E-state index contributed by atoms with van der Waals surface area (Å²) in [5.74, 6) is 0.153. The number of fused-ring (bicyclic) bond motifs is 1. The first-order valence-electron chi connectivity index (χ1n) is 10.8. The molecule has 1 fully saturated rings. The molecule has 32 heavy (non-hydrogen) atoms. The quantitative estimate of drug-likeness (QED) is 0.592. The van der Waals surface area contributed by atoms with Crippen LogP contribution in [0.1, 0.15) is 16.7 Å². The predicted molar refractivity (Wildman–Crippen MR) is 121 cm³/mol. The minimum Gasteiger partial charge on any atom is -0.496 e. The van der Waals surface area contributed by atoms with E-state index >= 15 is 0 Å². The van der Waals surface area contributed by atoms with Crippen molar-refractivity contribution in [3.63, 3.8) is 0 Å². The molecular formula is C25H27FN2O4. The van der Waals surface area contributed by atoms with Crippen molar-refractivity contribution in [1.82, 2.24) is 9.80 Å². The van der Waals surface area contributed by atoms with Crippen LogP contribution in [0.25, 0.3) is 10.8 Å². The number of hydrogen-bond acceptors (Lipinski definition) is 5. The minimum absolute atomic E-state index is 0.0353. The Morgan fingerprint density at radius 2 is 1.91 bits per heavy atom. The first-order chi connectivity index (χ1) is 15.4. The zero-order valence-electron chi connectivity index (χ0n) is 18.4. The molecule has 0 atom stereocenters. The summed E-state index contributed by atoms with van der Waals surface area (Å²) in [7, 11) is 1.54. The van der Waals surface area contributed by atoms with Gasteiger partial charge in [-0.3, -0.25) is 9.69 Å². The normalized spacial score (nSPS) is 14.7. The van der Waals surface area contributed by atoms with Gasteiger partial charge in [0.25, 0.3) is 0 Å². The van der Waals surface area contributed by atoms with E-state index in [2.05, 4.69) is 4.90 Å². The van der Waals surface area contributed by atoms with E-state index in [1.54, 1.807) is 31.1 Å². The molecule has 0 bridgehead atoms. The molecule has 168 valence electrons. The van der Waals surface area contributed by atoms with E-state index in [9.17, 15) is 14.0 Å². The Morgan fingerprint density at radius 1 is 1.12 bits per heavy atom. The zero-order valence-corrected chi connectivity index (χ0v) is 18.4. The van der Waals surface area contributed by atoms with Crippen molar-refractivity contribution in [3.05, 3.63) is 75.6 Å². The molecule has 1 aliphatic rings. The summed E-state index contributed by atoms with van der Waals surface area (Å²) in [6.07, 6.45) is 2.31. The van der Waals surface area contributed by atoms with Crippen molar-refractivity contribution in [2.45, 2.75) is 19.8 Å². The standard InChI is InChI=1S/C25H27FN2O4/c1-17-13-22(26)20(15-23(17)31-2)16-24(29)28-10-8-27(9-11-28)7-5-18-3-4-21-19(14-18)6-12-32-25(21)30/h3-4,6,12-15H,5,7-11,16H2,1-2H3. The molecule has 2 aromatic carbocycles. The number of carbonyl (C=O) groups excluding carboxylic acids is 1. The molecule has 0 unspecified atom stereocenters. The zero-order chi connectivity index (χ0) is 22.7. The molecule has 0 N–H and O–H groups in total. The Kier molecular flexibility index (Phi) is 6.55. The van der Waals surface area contributed by atoms with Gasteiger partial charge < -0.3 is 14.1 Å². The van der Waals surface area contributed by atoms with Crippen LogP contribution in [0.15, 0.2) is 51.9 Å². The summed E-state index contributed by atoms with van der Waals surface area (Å²) in [6, 6.07) is 10.6. The summed E-state index contributed by atoms with van der Waals surface area (Å²) in [4.78, 5) is 28.6. The monoisotopic (exact) mass is 438 g/mol. The number of benzene rings is 2. The predicted octanol–water partition coefficient (Wildman–Crippen LogP) is 3.18. The molecule has 0 radical (unpaired) electrons. The Morgan fingerprint density at radius 3 is 2.66 bits per heavy atom. The lowest BCUT2D eigenvalue weighted by molar-refractivity contribution is -0.132. The smallest absolute Gasteiger partial charge is 0.343 e. The number of carbonyl (C=O) groups is 1. The maximum atomic E-state index is 14.3. The SMILES string of the molecule is COc1cc(CC(=O)N2CCN(CCc3ccc4c(=O)occc4c3)CC2)c(F)cc1C. The maximum Gasteiger partial charge on any atom is 0.343 e. The summed E-state index contributed by atoms with van der Waals surface area (Å²) < 4.78 is 24.4. The Hall–Kier alpha value is -3.19. The van der Waals surface area contributed by atoms with E-state index < -0.39 is 0 Å². The number of hydrogen-bond donors (Lipinski definition) is 0. The topological polar surface area (TPSA) is 63.0 Å². The van der Waals surface area contributed by atoms with Crippen LogP contribution >= 0.6 is 0 Å². The summed E-state index contributed by atoms with van der Waals surface area (Å²) in [5, 5.41) is 1.47.